The summed E-state index contributed by atoms with van der Waals surface area (Å²) in [5.41, 5.74) is 2.51. The van der Waals surface area contributed by atoms with E-state index in [0.29, 0.717) is 12.1 Å². The summed E-state index contributed by atoms with van der Waals surface area (Å²) in [4.78, 5) is 23.5. The molecule has 1 amide bonds. The Morgan fingerprint density at radius 3 is 2.83 bits per heavy atom. The molecule has 18 heavy (non-hydrogen) atoms. The zero-order valence-electron chi connectivity index (χ0n) is 10.8. The minimum Gasteiger partial charge on any atom is -0.292 e. The third-order valence-electron chi connectivity index (χ3n) is 2.78. The van der Waals surface area contributed by atoms with Gasteiger partial charge in [0, 0.05) is 6.07 Å². The lowest BCUT2D eigenvalue weighted by atomic mass is 10.1. The van der Waals surface area contributed by atoms with Crippen molar-refractivity contribution in [2.75, 3.05) is 0 Å². The Morgan fingerprint density at radius 1 is 1.50 bits per heavy atom. The summed E-state index contributed by atoms with van der Waals surface area (Å²) in [6, 6.07) is 2.41. The molecule has 1 aromatic heterocycles. The molecule has 0 saturated carbocycles. The van der Waals surface area contributed by atoms with E-state index in [9.17, 15) is 9.59 Å². The average molecular weight is 252 g/mol. The van der Waals surface area contributed by atoms with Crippen LogP contribution in [0.5, 0.6) is 0 Å². The first-order chi connectivity index (χ1) is 8.60. The van der Waals surface area contributed by atoms with Crippen LogP contribution in [0.25, 0.3) is 0 Å². The van der Waals surface area contributed by atoms with Gasteiger partial charge >= 0.3 is 0 Å². The second kappa shape index (κ2) is 6.90. The van der Waals surface area contributed by atoms with E-state index in [-0.39, 0.29) is 11.5 Å². The van der Waals surface area contributed by atoms with Crippen molar-refractivity contribution in [3.05, 3.63) is 28.2 Å². The number of nitrogens with one attached hydrogen (secondary N) is 1. The van der Waals surface area contributed by atoms with E-state index in [1.807, 2.05) is 0 Å². The van der Waals surface area contributed by atoms with Gasteiger partial charge in [-0.2, -0.15) is 5.10 Å². The van der Waals surface area contributed by atoms with Gasteiger partial charge in [-0.3, -0.25) is 15.0 Å². The zero-order valence-corrected chi connectivity index (χ0v) is 10.8. The fraction of sp³-hybridized carbons (Fsp3) is 0.583. The molecule has 1 aromatic rings. The van der Waals surface area contributed by atoms with Gasteiger partial charge in [0.15, 0.2) is 0 Å². The van der Waals surface area contributed by atoms with Crippen LogP contribution in [-0.2, 0) is 4.79 Å². The Balaban J connectivity index is 2.97. The molecule has 1 atom stereocenters. The van der Waals surface area contributed by atoms with Crippen molar-refractivity contribution in [3.63, 3.8) is 0 Å². The summed E-state index contributed by atoms with van der Waals surface area (Å²) in [7, 11) is 0. The van der Waals surface area contributed by atoms with E-state index in [4.69, 9.17) is 5.84 Å². The molecule has 100 valence electrons. The van der Waals surface area contributed by atoms with Gasteiger partial charge in [0.25, 0.3) is 11.5 Å². The van der Waals surface area contributed by atoms with Crippen LogP contribution in [0.3, 0.4) is 0 Å². The highest BCUT2D eigenvalue weighted by atomic mass is 16.2. The number of nitrogens with two attached hydrogens (primary N) is 1. The van der Waals surface area contributed by atoms with Gasteiger partial charge in [-0.1, -0.05) is 26.2 Å². The van der Waals surface area contributed by atoms with Crippen molar-refractivity contribution in [2.24, 2.45) is 5.84 Å². The highest BCUT2D eigenvalue weighted by Crippen LogP contribution is 2.13. The number of rotatable bonds is 6. The predicted molar refractivity (Wildman–Crippen MR) is 68.7 cm³/mol. The molecule has 1 rings (SSSR count). The third-order valence-corrected chi connectivity index (χ3v) is 2.78. The van der Waals surface area contributed by atoms with E-state index in [0.717, 1.165) is 19.3 Å². The Morgan fingerprint density at radius 2 is 2.22 bits per heavy atom. The Hall–Kier alpha value is -1.69. The Labute approximate surface area is 106 Å². The first-order valence-electron chi connectivity index (χ1n) is 6.17. The number of unbranched alkanes of at least 4 members (excludes halogenated alkanes) is 2. The zero-order chi connectivity index (χ0) is 13.5. The molecule has 0 aromatic carbocycles. The minimum absolute atomic E-state index is 0.286. The van der Waals surface area contributed by atoms with Crippen LogP contribution in [-0.4, -0.2) is 15.7 Å². The van der Waals surface area contributed by atoms with Gasteiger partial charge in [0.05, 0.1) is 5.69 Å². The molecule has 1 unspecified atom stereocenters. The number of hydrogen-bond donors (Lipinski definition) is 2. The SMILES string of the molecule is CCCCCC(C(=O)NN)n1nc(C)ccc1=O. The van der Waals surface area contributed by atoms with Crippen LogP contribution in [0.4, 0.5) is 0 Å². The van der Waals surface area contributed by atoms with Crippen LogP contribution >= 0.6 is 0 Å². The number of nitrogens with zero attached hydrogens (tertiary/aromatic N) is 2. The van der Waals surface area contributed by atoms with E-state index in [1.165, 1.54) is 10.7 Å². The number of hydrogen-bond acceptors (Lipinski definition) is 4. The van der Waals surface area contributed by atoms with E-state index < -0.39 is 6.04 Å². The minimum atomic E-state index is -0.631. The van der Waals surface area contributed by atoms with Gasteiger partial charge in [-0.15, -0.1) is 0 Å². The first kappa shape index (κ1) is 14.4. The number of aryl methyl sites for hydroxylation is 1. The lowest BCUT2D eigenvalue weighted by Gasteiger charge is -2.17. The maximum Gasteiger partial charge on any atom is 0.267 e. The molecule has 0 saturated heterocycles. The smallest absolute Gasteiger partial charge is 0.267 e. The van der Waals surface area contributed by atoms with E-state index >= 15 is 0 Å². The fourth-order valence-corrected chi connectivity index (χ4v) is 1.79. The molecule has 0 radical (unpaired) electrons. The molecule has 3 N–H and O–H groups in total. The quantitative estimate of drug-likeness (QED) is 0.337. The van der Waals surface area contributed by atoms with Gasteiger partial charge < -0.3 is 0 Å². The van der Waals surface area contributed by atoms with Crippen LogP contribution in [0, 0.1) is 6.92 Å². The van der Waals surface area contributed by atoms with Crippen molar-refractivity contribution in [1.82, 2.24) is 15.2 Å². The average Bonchev–Trinajstić information content (AvgIpc) is 2.37. The van der Waals surface area contributed by atoms with Crippen LogP contribution in [0.15, 0.2) is 16.9 Å². The Bertz CT molecular complexity index is 456. The number of carbonyl (C=O) groups excluding carboxylic acids is 1. The van der Waals surface area contributed by atoms with Crippen molar-refractivity contribution < 1.29 is 4.79 Å². The maximum atomic E-state index is 11.7. The number of aromatic nitrogens is 2. The normalized spacial score (nSPS) is 12.2. The van der Waals surface area contributed by atoms with E-state index in [1.54, 1.807) is 13.0 Å². The van der Waals surface area contributed by atoms with Gasteiger partial charge in [-0.05, 0) is 19.4 Å². The lowest BCUT2D eigenvalue weighted by molar-refractivity contribution is -0.125. The largest absolute Gasteiger partial charge is 0.292 e. The standard InChI is InChI=1S/C12H20N4O2/c1-3-4-5-6-10(12(18)14-13)16-11(17)8-7-9(2)15-16/h7-8,10H,3-6,13H2,1-2H3,(H,14,18). The molecule has 0 spiro atoms. The first-order valence-corrected chi connectivity index (χ1v) is 6.17. The second-order valence-corrected chi connectivity index (χ2v) is 4.28. The van der Waals surface area contributed by atoms with Gasteiger partial charge in [0.1, 0.15) is 6.04 Å². The summed E-state index contributed by atoms with van der Waals surface area (Å²) < 4.78 is 1.22. The van der Waals surface area contributed by atoms with Crippen molar-refractivity contribution in [1.29, 1.82) is 0 Å². The van der Waals surface area contributed by atoms with E-state index in [2.05, 4.69) is 17.4 Å². The van der Waals surface area contributed by atoms with Crippen molar-refractivity contribution >= 4 is 5.91 Å². The summed E-state index contributed by atoms with van der Waals surface area (Å²) in [6.07, 6.45) is 3.48. The lowest BCUT2D eigenvalue weighted by Crippen LogP contribution is -2.41. The summed E-state index contributed by atoms with van der Waals surface area (Å²) in [6.45, 7) is 3.86. The molecule has 6 heteroatoms. The number of hydrazine groups is 1. The monoisotopic (exact) mass is 252 g/mol. The molecular formula is C12H20N4O2. The second-order valence-electron chi connectivity index (χ2n) is 4.28. The molecule has 1 heterocycles. The van der Waals surface area contributed by atoms with Crippen molar-refractivity contribution in [2.45, 2.75) is 45.6 Å². The van der Waals surface area contributed by atoms with Crippen molar-refractivity contribution in [3.8, 4) is 0 Å². The topological polar surface area (TPSA) is 90.0 Å². The molecule has 0 aliphatic rings. The summed E-state index contributed by atoms with van der Waals surface area (Å²) >= 11 is 0. The number of carbonyl (C=O) groups is 1. The molecule has 0 aliphatic heterocycles. The summed E-state index contributed by atoms with van der Waals surface area (Å²) in [5.74, 6) is 4.78. The molecule has 0 aliphatic carbocycles. The van der Waals surface area contributed by atoms with Gasteiger partial charge in [0.2, 0.25) is 0 Å². The fourth-order valence-electron chi connectivity index (χ4n) is 1.79. The Kier molecular flexibility index (Phi) is 5.51. The molecule has 0 bridgehead atoms. The van der Waals surface area contributed by atoms with Crippen LogP contribution in [0.2, 0.25) is 0 Å². The third kappa shape index (κ3) is 3.66. The highest BCUT2D eigenvalue weighted by Gasteiger charge is 2.21. The molecular weight excluding hydrogens is 232 g/mol. The summed E-state index contributed by atoms with van der Waals surface area (Å²) in [5, 5.41) is 4.11. The molecule has 6 nitrogen and oxygen atoms in total. The van der Waals surface area contributed by atoms with Gasteiger partial charge in [-0.25, -0.2) is 10.5 Å². The highest BCUT2D eigenvalue weighted by molar-refractivity contribution is 5.79. The molecule has 0 fully saturated rings. The predicted octanol–water partition coefficient (Wildman–Crippen LogP) is 0.663. The van der Waals surface area contributed by atoms with Crippen LogP contribution in [0.1, 0.15) is 44.3 Å². The van der Waals surface area contributed by atoms with Crippen LogP contribution < -0.4 is 16.8 Å². The maximum absolute atomic E-state index is 11.7. The number of amides is 1.